The lowest BCUT2D eigenvalue weighted by molar-refractivity contribution is 0.477. The Hall–Kier alpha value is -3.95. The van der Waals surface area contributed by atoms with Crippen molar-refractivity contribution < 1.29 is 5.11 Å². The zero-order chi connectivity index (χ0) is 21.8. The molecule has 0 spiro atoms. The fourth-order valence-electron chi connectivity index (χ4n) is 3.42. The van der Waals surface area contributed by atoms with E-state index < -0.39 is 0 Å². The van der Waals surface area contributed by atoms with Gasteiger partial charge in [0.2, 0.25) is 0 Å². The highest BCUT2D eigenvalue weighted by Gasteiger charge is 2.15. The van der Waals surface area contributed by atoms with E-state index in [0.717, 1.165) is 28.5 Å². The van der Waals surface area contributed by atoms with Crippen LogP contribution in [0.5, 0.6) is 5.75 Å². The molecule has 0 bridgehead atoms. The van der Waals surface area contributed by atoms with Crippen LogP contribution in [-0.2, 0) is 0 Å². The zero-order valence-corrected chi connectivity index (χ0v) is 17.2. The van der Waals surface area contributed by atoms with E-state index in [1.54, 1.807) is 18.2 Å². The normalized spacial score (nSPS) is 11.8. The van der Waals surface area contributed by atoms with Gasteiger partial charge in [-0.05, 0) is 47.9 Å². The lowest BCUT2D eigenvalue weighted by Gasteiger charge is -2.15. The van der Waals surface area contributed by atoms with Gasteiger partial charge in [0.25, 0.3) is 0 Å². The first-order valence-corrected chi connectivity index (χ1v) is 10.2. The average molecular weight is 409 g/mol. The Balaban J connectivity index is 1.84. The van der Waals surface area contributed by atoms with Crippen LogP contribution in [0.3, 0.4) is 0 Å². The molecular formula is C25H23N5O. The standard InChI is InChI=1S/C25H23N5O/c1-2-18(27)15-28-24-20-9-5-6-10-22(20)29-25(30-24)21-13-16(11-12-23(21)31)19-8-4-3-7-17(19)14-26/h3-13,18,31H,2,15,27H2,1H3,(H,28,29,30)/t18-/m0/s1. The summed E-state index contributed by atoms with van der Waals surface area (Å²) >= 11 is 0. The van der Waals surface area contributed by atoms with Gasteiger partial charge in [-0.15, -0.1) is 0 Å². The SMILES string of the molecule is CC[C@H](N)CNc1nc(-c2cc(-c3ccccc3C#N)ccc2O)nc2ccccc12. The number of aromatic nitrogens is 2. The van der Waals surface area contributed by atoms with Gasteiger partial charge < -0.3 is 16.2 Å². The van der Waals surface area contributed by atoms with Gasteiger partial charge in [0.05, 0.1) is 22.7 Å². The smallest absolute Gasteiger partial charge is 0.165 e. The van der Waals surface area contributed by atoms with Crippen LogP contribution in [0.2, 0.25) is 0 Å². The van der Waals surface area contributed by atoms with E-state index in [0.29, 0.717) is 29.3 Å². The highest BCUT2D eigenvalue weighted by Crippen LogP contribution is 2.34. The molecule has 0 unspecified atom stereocenters. The largest absolute Gasteiger partial charge is 0.507 e. The number of hydrogen-bond donors (Lipinski definition) is 3. The quantitative estimate of drug-likeness (QED) is 0.426. The Morgan fingerprint density at radius 2 is 1.81 bits per heavy atom. The van der Waals surface area contributed by atoms with Crippen LogP contribution in [0, 0.1) is 11.3 Å². The molecule has 0 aliphatic heterocycles. The molecule has 4 N–H and O–H groups in total. The molecule has 4 aromatic rings. The fraction of sp³-hybridized carbons (Fsp3) is 0.160. The number of nitrogens with one attached hydrogen (secondary N) is 1. The summed E-state index contributed by atoms with van der Waals surface area (Å²) in [4.78, 5) is 9.40. The first kappa shape index (κ1) is 20.3. The highest BCUT2D eigenvalue weighted by atomic mass is 16.3. The molecule has 0 amide bonds. The van der Waals surface area contributed by atoms with Crippen molar-refractivity contribution in [3.05, 3.63) is 72.3 Å². The predicted molar refractivity (Wildman–Crippen MR) is 124 cm³/mol. The summed E-state index contributed by atoms with van der Waals surface area (Å²) in [6, 6.07) is 22.5. The van der Waals surface area contributed by atoms with Crippen molar-refractivity contribution in [3.8, 4) is 34.3 Å². The number of nitriles is 1. The first-order chi connectivity index (χ1) is 15.1. The lowest BCUT2D eigenvalue weighted by Crippen LogP contribution is -2.28. The van der Waals surface area contributed by atoms with Gasteiger partial charge in [-0.25, -0.2) is 9.97 Å². The second-order valence-corrected chi connectivity index (χ2v) is 7.35. The number of nitrogens with zero attached hydrogens (tertiary/aromatic N) is 3. The summed E-state index contributed by atoms with van der Waals surface area (Å²) in [6.07, 6.45) is 0.851. The van der Waals surface area contributed by atoms with Crippen LogP contribution in [0.1, 0.15) is 18.9 Å². The molecule has 0 saturated heterocycles. The maximum atomic E-state index is 10.6. The Bertz CT molecular complexity index is 1280. The maximum Gasteiger partial charge on any atom is 0.165 e. The molecule has 0 aliphatic carbocycles. The summed E-state index contributed by atoms with van der Waals surface area (Å²) < 4.78 is 0. The highest BCUT2D eigenvalue weighted by molar-refractivity contribution is 5.91. The molecule has 1 atom stereocenters. The number of fused-ring (bicyclic) bond motifs is 1. The topological polar surface area (TPSA) is 108 Å². The summed E-state index contributed by atoms with van der Waals surface area (Å²) in [5.41, 5.74) is 9.51. The second kappa shape index (κ2) is 8.82. The summed E-state index contributed by atoms with van der Waals surface area (Å²) in [7, 11) is 0. The van der Waals surface area contributed by atoms with Gasteiger partial charge in [-0.3, -0.25) is 0 Å². The number of para-hydroxylation sites is 1. The molecule has 1 heterocycles. The third-order valence-corrected chi connectivity index (χ3v) is 5.26. The Kier molecular flexibility index (Phi) is 5.78. The monoisotopic (exact) mass is 409 g/mol. The van der Waals surface area contributed by atoms with Crippen LogP contribution < -0.4 is 11.1 Å². The third kappa shape index (κ3) is 4.18. The Morgan fingerprint density at radius 1 is 1.03 bits per heavy atom. The van der Waals surface area contributed by atoms with E-state index >= 15 is 0 Å². The fourth-order valence-corrected chi connectivity index (χ4v) is 3.42. The molecule has 4 rings (SSSR count). The van der Waals surface area contributed by atoms with E-state index in [1.165, 1.54) is 0 Å². The van der Waals surface area contributed by atoms with Crippen molar-refractivity contribution in [2.24, 2.45) is 5.73 Å². The molecule has 0 aliphatic rings. The number of phenols is 1. The molecule has 6 nitrogen and oxygen atoms in total. The second-order valence-electron chi connectivity index (χ2n) is 7.35. The van der Waals surface area contributed by atoms with E-state index in [-0.39, 0.29) is 11.8 Å². The minimum Gasteiger partial charge on any atom is -0.507 e. The van der Waals surface area contributed by atoms with Crippen molar-refractivity contribution in [1.29, 1.82) is 5.26 Å². The molecule has 31 heavy (non-hydrogen) atoms. The molecular weight excluding hydrogens is 386 g/mol. The third-order valence-electron chi connectivity index (χ3n) is 5.26. The van der Waals surface area contributed by atoms with Gasteiger partial charge in [0.1, 0.15) is 11.6 Å². The van der Waals surface area contributed by atoms with E-state index in [4.69, 9.17) is 10.7 Å². The number of nitrogens with two attached hydrogens (primary N) is 1. The van der Waals surface area contributed by atoms with E-state index in [1.807, 2.05) is 55.5 Å². The van der Waals surface area contributed by atoms with Gasteiger partial charge in [0, 0.05) is 18.0 Å². The van der Waals surface area contributed by atoms with Crippen molar-refractivity contribution >= 4 is 16.7 Å². The van der Waals surface area contributed by atoms with E-state index in [9.17, 15) is 10.4 Å². The maximum absolute atomic E-state index is 10.6. The summed E-state index contributed by atoms with van der Waals surface area (Å²) in [5, 5.41) is 24.3. The Labute approximate surface area is 181 Å². The molecule has 0 radical (unpaired) electrons. The molecule has 6 heteroatoms. The van der Waals surface area contributed by atoms with Crippen LogP contribution in [0.4, 0.5) is 5.82 Å². The number of hydrogen-bond acceptors (Lipinski definition) is 6. The minimum absolute atomic E-state index is 0.0105. The van der Waals surface area contributed by atoms with Gasteiger partial charge in [-0.1, -0.05) is 43.3 Å². The molecule has 3 aromatic carbocycles. The molecule has 0 saturated carbocycles. The van der Waals surface area contributed by atoms with Gasteiger partial charge in [-0.2, -0.15) is 5.26 Å². The summed E-state index contributed by atoms with van der Waals surface area (Å²) in [6.45, 7) is 2.62. The summed E-state index contributed by atoms with van der Waals surface area (Å²) in [5.74, 6) is 1.15. The molecule has 1 aromatic heterocycles. The van der Waals surface area contributed by atoms with Gasteiger partial charge in [0.15, 0.2) is 5.82 Å². The molecule has 154 valence electrons. The minimum atomic E-state index is 0.0105. The Morgan fingerprint density at radius 3 is 2.61 bits per heavy atom. The zero-order valence-electron chi connectivity index (χ0n) is 17.2. The number of rotatable bonds is 6. The lowest BCUT2D eigenvalue weighted by atomic mass is 9.98. The van der Waals surface area contributed by atoms with Crippen LogP contribution >= 0.6 is 0 Å². The average Bonchev–Trinajstić information content (AvgIpc) is 2.82. The molecule has 0 fully saturated rings. The van der Waals surface area contributed by atoms with Crippen LogP contribution in [0.15, 0.2) is 66.7 Å². The van der Waals surface area contributed by atoms with Crippen LogP contribution in [-0.4, -0.2) is 27.7 Å². The predicted octanol–water partition coefficient (Wildman–Crippen LogP) is 4.69. The van der Waals surface area contributed by atoms with E-state index in [2.05, 4.69) is 16.4 Å². The number of benzene rings is 3. The van der Waals surface area contributed by atoms with Crippen LogP contribution in [0.25, 0.3) is 33.4 Å². The number of phenolic OH excluding ortho intramolecular Hbond substituents is 1. The first-order valence-electron chi connectivity index (χ1n) is 10.2. The van der Waals surface area contributed by atoms with Gasteiger partial charge >= 0.3 is 0 Å². The van der Waals surface area contributed by atoms with Crippen molar-refractivity contribution in [2.45, 2.75) is 19.4 Å². The number of anilines is 1. The van der Waals surface area contributed by atoms with Crippen molar-refractivity contribution in [2.75, 3.05) is 11.9 Å². The van der Waals surface area contributed by atoms with Crippen molar-refractivity contribution in [3.63, 3.8) is 0 Å². The van der Waals surface area contributed by atoms with Crippen molar-refractivity contribution in [1.82, 2.24) is 9.97 Å². The number of aromatic hydroxyl groups is 1.